The van der Waals surface area contributed by atoms with Crippen LogP contribution in [0.4, 0.5) is 5.13 Å². The average molecular weight is 430 g/mol. The van der Waals surface area contributed by atoms with E-state index >= 15 is 0 Å². The van der Waals surface area contributed by atoms with Gasteiger partial charge in [0.25, 0.3) is 0 Å². The third-order valence-electron chi connectivity index (χ3n) is 4.17. The zero-order valence-corrected chi connectivity index (χ0v) is 17.0. The SMILES string of the molecule is c1coc(CNc2nnc(SC[C@H]3CSc4nnc(-c5ccncc5)n43)s2)c1. The molecule has 0 aliphatic carbocycles. The summed E-state index contributed by atoms with van der Waals surface area (Å²) in [5, 5.41) is 22.2. The fourth-order valence-corrected chi connectivity index (χ4v) is 5.93. The molecule has 1 aliphatic rings. The van der Waals surface area contributed by atoms with Crippen LogP contribution < -0.4 is 5.32 Å². The van der Waals surface area contributed by atoms with Crippen LogP contribution in [-0.4, -0.2) is 41.5 Å². The summed E-state index contributed by atoms with van der Waals surface area (Å²) >= 11 is 5.01. The molecule has 0 saturated heterocycles. The van der Waals surface area contributed by atoms with E-state index in [1.165, 1.54) is 0 Å². The van der Waals surface area contributed by atoms with Crippen molar-refractivity contribution in [1.82, 2.24) is 29.9 Å². The second kappa shape index (κ2) is 7.94. The predicted molar refractivity (Wildman–Crippen MR) is 110 cm³/mol. The molecule has 0 spiro atoms. The van der Waals surface area contributed by atoms with Crippen molar-refractivity contribution >= 4 is 40.0 Å². The summed E-state index contributed by atoms with van der Waals surface area (Å²) in [6.07, 6.45) is 5.22. The second-order valence-electron chi connectivity index (χ2n) is 5.99. The Bertz CT molecular complexity index is 1050. The number of hydrogen-bond donors (Lipinski definition) is 1. The highest BCUT2D eigenvalue weighted by molar-refractivity contribution is 8.01. The molecule has 0 bridgehead atoms. The third-order valence-corrected chi connectivity index (χ3v) is 7.42. The van der Waals surface area contributed by atoms with E-state index in [1.807, 2.05) is 24.3 Å². The Morgan fingerprint density at radius 1 is 1.18 bits per heavy atom. The van der Waals surface area contributed by atoms with Crippen molar-refractivity contribution in [2.45, 2.75) is 22.1 Å². The van der Waals surface area contributed by atoms with Crippen LogP contribution >= 0.6 is 34.9 Å². The molecular weight excluding hydrogens is 414 g/mol. The van der Waals surface area contributed by atoms with Gasteiger partial charge in [-0.15, -0.1) is 20.4 Å². The molecule has 4 aromatic heterocycles. The Hall–Kier alpha value is -2.37. The van der Waals surface area contributed by atoms with Gasteiger partial charge in [-0.1, -0.05) is 34.9 Å². The zero-order chi connectivity index (χ0) is 18.8. The van der Waals surface area contributed by atoms with Crippen molar-refractivity contribution < 1.29 is 4.42 Å². The first-order chi connectivity index (χ1) is 13.9. The van der Waals surface area contributed by atoms with Gasteiger partial charge in [0.2, 0.25) is 5.13 Å². The smallest absolute Gasteiger partial charge is 0.206 e. The van der Waals surface area contributed by atoms with Gasteiger partial charge in [0, 0.05) is 29.5 Å². The fourth-order valence-electron chi connectivity index (χ4n) is 2.85. The number of fused-ring (bicyclic) bond motifs is 1. The lowest BCUT2D eigenvalue weighted by Crippen LogP contribution is -2.11. The van der Waals surface area contributed by atoms with Crippen LogP contribution in [0.15, 0.2) is 56.8 Å². The summed E-state index contributed by atoms with van der Waals surface area (Å²) in [6.45, 7) is 0.602. The Balaban J connectivity index is 1.24. The van der Waals surface area contributed by atoms with Gasteiger partial charge in [-0.05, 0) is 24.3 Å². The molecule has 0 unspecified atom stereocenters. The van der Waals surface area contributed by atoms with Gasteiger partial charge in [0.1, 0.15) is 5.76 Å². The van der Waals surface area contributed by atoms with E-state index in [1.54, 1.807) is 53.5 Å². The first-order valence-corrected chi connectivity index (χ1v) is 11.4. The van der Waals surface area contributed by atoms with E-state index in [4.69, 9.17) is 4.42 Å². The number of rotatable bonds is 7. The van der Waals surface area contributed by atoms with Crippen LogP contribution in [0.1, 0.15) is 11.8 Å². The summed E-state index contributed by atoms with van der Waals surface area (Å²) in [7, 11) is 0. The lowest BCUT2D eigenvalue weighted by molar-refractivity contribution is 0.518. The summed E-state index contributed by atoms with van der Waals surface area (Å²) in [6, 6.07) is 8.04. The van der Waals surface area contributed by atoms with Crippen molar-refractivity contribution in [3.63, 3.8) is 0 Å². The van der Waals surface area contributed by atoms with Gasteiger partial charge in [-0.3, -0.25) is 9.55 Å². The zero-order valence-electron chi connectivity index (χ0n) is 14.6. The van der Waals surface area contributed by atoms with Crippen LogP contribution in [0.5, 0.6) is 0 Å². The molecule has 28 heavy (non-hydrogen) atoms. The molecule has 0 fully saturated rings. The Morgan fingerprint density at radius 3 is 2.96 bits per heavy atom. The monoisotopic (exact) mass is 429 g/mol. The normalized spacial score (nSPS) is 15.6. The van der Waals surface area contributed by atoms with E-state index in [-0.39, 0.29) is 0 Å². The van der Waals surface area contributed by atoms with Crippen LogP contribution in [-0.2, 0) is 6.54 Å². The molecule has 4 aromatic rings. The van der Waals surface area contributed by atoms with E-state index in [2.05, 4.69) is 35.3 Å². The number of pyridine rings is 1. The first-order valence-electron chi connectivity index (χ1n) is 8.57. The van der Waals surface area contributed by atoms with Crippen LogP contribution in [0.2, 0.25) is 0 Å². The highest BCUT2D eigenvalue weighted by Crippen LogP contribution is 2.39. The quantitative estimate of drug-likeness (QED) is 0.440. The molecule has 5 heterocycles. The molecule has 11 heteroatoms. The molecule has 0 saturated carbocycles. The fraction of sp³-hybridized carbons (Fsp3) is 0.235. The minimum Gasteiger partial charge on any atom is -0.467 e. The maximum atomic E-state index is 5.32. The topological polar surface area (TPSA) is 94.6 Å². The third kappa shape index (κ3) is 3.64. The number of nitrogens with one attached hydrogen (secondary N) is 1. The highest BCUT2D eigenvalue weighted by Gasteiger charge is 2.28. The van der Waals surface area contributed by atoms with Crippen LogP contribution in [0, 0.1) is 0 Å². The number of furan rings is 1. The van der Waals surface area contributed by atoms with Gasteiger partial charge in [0.05, 0.1) is 18.8 Å². The molecule has 1 atom stereocenters. The highest BCUT2D eigenvalue weighted by atomic mass is 32.2. The summed E-state index contributed by atoms with van der Waals surface area (Å²) in [5.41, 5.74) is 1.03. The molecule has 142 valence electrons. The number of aromatic nitrogens is 6. The maximum absolute atomic E-state index is 5.32. The van der Waals surface area contributed by atoms with Gasteiger partial charge in [-0.2, -0.15) is 0 Å². The van der Waals surface area contributed by atoms with E-state index in [9.17, 15) is 0 Å². The molecule has 0 amide bonds. The Morgan fingerprint density at radius 2 is 2.11 bits per heavy atom. The van der Waals surface area contributed by atoms with Gasteiger partial charge < -0.3 is 9.73 Å². The van der Waals surface area contributed by atoms with Crippen LogP contribution in [0.3, 0.4) is 0 Å². The predicted octanol–water partition coefficient (Wildman–Crippen LogP) is 3.84. The van der Waals surface area contributed by atoms with Crippen LogP contribution in [0.25, 0.3) is 11.4 Å². The Labute approximate surface area is 173 Å². The molecule has 8 nitrogen and oxygen atoms in total. The minimum absolute atomic E-state index is 0.312. The molecule has 1 N–H and O–H groups in total. The summed E-state index contributed by atoms with van der Waals surface area (Å²) in [4.78, 5) is 4.09. The molecule has 0 aromatic carbocycles. The number of anilines is 1. The first kappa shape index (κ1) is 17.7. The Kier molecular flexibility index (Phi) is 5.02. The average Bonchev–Trinajstić information content (AvgIpc) is 3.51. The van der Waals surface area contributed by atoms with E-state index < -0.39 is 0 Å². The molecule has 0 radical (unpaired) electrons. The maximum Gasteiger partial charge on any atom is 0.206 e. The number of hydrogen-bond acceptors (Lipinski definition) is 10. The van der Waals surface area contributed by atoms with Crippen molar-refractivity contribution in [3.05, 3.63) is 48.7 Å². The minimum atomic E-state index is 0.312. The van der Waals surface area contributed by atoms with Gasteiger partial charge in [-0.25, -0.2) is 0 Å². The lowest BCUT2D eigenvalue weighted by atomic mass is 10.2. The molecular formula is C17H15N7OS3. The van der Waals surface area contributed by atoms with E-state index in [0.717, 1.165) is 43.3 Å². The standard InChI is InChI=1S/C17H15N7OS3/c1-2-13(25-7-1)8-19-15-21-23-17(28-15)27-10-12-9-26-16-22-20-14(24(12)16)11-3-5-18-6-4-11/h1-7,12H,8-10H2,(H,19,21)/t12-/m1/s1. The van der Waals surface area contributed by atoms with Crippen molar-refractivity contribution in [1.29, 1.82) is 0 Å². The number of thioether (sulfide) groups is 2. The van der Waals surface area contributed by atoms with Crippen molar-refractivity contribution in [3.8, 4) is 11.4 Å². The lowest BCUT2D eigenvalue weighted by Gasteiger charge is -2.13. The largest absolute Gasteiger partial charge is 0.467 e. The van der Waals surface area contributed by atoms with Gasteiger partial charge in [0.15, 0.2) is 15.3 Å². The van der Waals surface area contributed by atoms with Gasteiger partial charge >= 0.3 is 0 Å². The number of nitrogens with zero attached hydrogens (tertiary/aromatic N) is 6. The van der Waals surface area contributed by atoms with Crippen molar-refractivity contribution in [2.24, 2.45) is 0 Å². The summed E-state index contributed by atoms with van der Waals surface area (Å²) in [5.74, 6) is 3.64. The second-order valence-corrected chi connectivity index (χ2v) is 9.23. The summed E-state index contributed by atoms with van der Waals surface area (Å²) < 4.78 is 8.49. The molecule has 1 aliphatic heterocycles. The van der Waals surface area contributed by atoms with E-state index in [0.29, 0.717) is 12.6 Å². The van der Waals surface area contributed by atoms with Crippen molar-refractivity contribution in [2.75, 3.05) is 16.8 Å². The molecule has 5 rings (SSSR count).